The molecule has 2 bridgehead atoms. The van der Waals surface area contributed by atoms with E-state index < -0.39 is 0 Å². The molecule has 2 N–H and O–H groups in total. The maximum atomic E-state index is 6.21. The standard InChI is InChI=1S/C15H28N2O/c1-2-12-4-3-7-15(8-12,11-16)17-9-13-5-6-14(10-17)18-13/h12-14H,2-11,16H2,1H3. The largest absolute Gasteiger partial charge is 0.372 e. The zero-order valence-electron chi connectivity index (χ0n) is 11.7. The van der Waals surface area contributed by atoms with E-state index in [1.807, 2.05) is 0 Å². The van der Waals surface area contributed by atoms with Crippen molar-refractivity contribution in [2.45, 2.75) is 69.6 Å². The van der Waals surface area contributed by atoms with Gasteiger partial charge in [0, 0.05) is 25.2 Å². The van der Waals surface area contributed by atoms with Crippen molar-refractivity contribution in [2.24, 2.45) is 11.7 Å². The smallest absolute Gasteiger partial charge is 0.0707 e. The van der Waals surface area contributed by atoms with E-state index in [4.69, 9.17) is 10.5 Å². The summed E-state index contributed by atoms with van der Waals surface area (Å²) in [5, 5.41) is 0. The molecule has 3 aliphatic rings. The second kappa shape index (κ2) is 5.10. The second-order valence-corrected chi connectivity index (χ2v) is 6.66. The summed E-state index contributed by atoms with van der Waals surface area (Å²) in [6.45, 7) is 5.43. The first-order chi connectivity index (χ1) is 8.75. The van der Waals surface area contributed by atoms with Gasteiger partial charge in [0.05, 0.1) is 12.2 Å². The van der Waals surface area contributed by atoms with Gasteiger partial charge in [-0.3, -0.25) is 4.90 Å². The molecule has 0 radical (unpaired) electrons. The summed E-state index contributed by atoms with van der Waals surface area (Å²) in [5.74, 6) is 0.891. The summed E-state index contributed by atoms with van der Waals surface area (Å²) in [5.41, 5.74) is 6.51. The first-order valence-electron chi connectivity index (χ1n) is 7.86. The minimum absolute atomic E-state index is 0.295. The van der Waals surface area contributed by atoms with Crippen LogP contribution in [0.25, 0.3) is 0 Å². The van der Waals surface area contributed by atoms with E-state index in [9.17, 15) is 0 Å². The third kappa shape index (κ3) is 2.21. The Kier molecular flexibility index (Phi) is 3.65. The molecule has 0 spiro atoms. The van der Waals surface area contributed by atoms with Gasteiger partial charge in [-0.2, -0.15) is 0 Å². The molecule has 1 aliphatic carbocycles. The molecular formula is C15H28N2O. The molecule has 3 rings (SSSR count). The number of nitrogens with zero attached hydrogens (tertiary/aromatic N) is 1. The molecule has 0 amide bonds. The normalized spacial score (nSPS) is 45.3. The highest BCUT2D eigenvalue weighted by Gasteiger charge is 2.45. The molecule has 3 heteroatoms. The molecule has 0 aromatic rings. The van der Waals surface area contributed by atoms with Crippen molar-refractivity contribution in [3.63, 3.8) is 0 Å². The Morgan fingerprint density at radius 1 is 1.22 bits per heavy atom. The highest BCUT2D eigenvalue weighted by atomic mass is 16.5. The molecule has 4 unspecified atom stereocenters. The van der Waals surface area contributed by atoms with E-state index in [0.717, 1.165) is 25.6 Å². The Balaban J connectivity index is 1.74. The molecular weight excluding hydrogens is 224 g/mol. The maximum absolute atomic E-state index is 6.21. The van der Waals surface area contributed by atoms with Crippen LogP contribution in [0.4, 0.5) is 0 Å². The van der Waals surface area contributed by atoms with Crippen LogP contribution in [0.1, 0.15) is 51.9 Å². The quantitative estimate of drug-likeness (QED) is 0.836. The third-order valence-corrected chi connectivity index (χ3v) is 5.59. The first-order valence-corrected chi connectivity index (χ1v) is 7.86. The summed E-state index contributed by atoms with van der Waals surface area (Å²) in [6, 6.07) is 0. The molecule has 3 nitrogen and oxygen atoms in total. The predicted octanol–water partition coefficient (Wildman–Crippen LogP) is 2.15. The van der Waals surface area contributed by atoms with Crippen molar-refractivity contribution in [1.29, 1.82) is 0 Å². The van der Waals surface area contributed by atoms with Crippen LogP contribution in [0.5, 0.6) is 0 Å². The highest BCUT2D eigenvalue weighted by molar-refractivity contribution is 5.00. The van der Waals surface area contributed by atoms with Crippen LogP contribution < -0.4 is 5.73 Å². The van der Waals surface area contributed by atoms with E-state index in [1.165, 1.54) is 44.9 Å². The fraction of sp³-hybridized carbons (Fsp3) is 1.00. The lowest BCUT2D eigenvalue weighted by Crippen LogP contribution is -2.61. The number of rotatable bonds is 3. The van der Waals surface area contributed by atoms with Crippen LogP contribution in [0.3, 0.4) is 0 Å². The minimum Gasteiger partial charge on any atom is -0.372 e. The van der Waals surface area contributed by atoms with Crippen LogP contribution in [0.15, 0.2) is 0 Å². The van der Waals surface area contributed by atoms with E-state index in [2.05, 4.69) is 11.8 Å². The Bertz CT molecular complexity index is 284. The number of hydrogen-bond donors (Lipinski definition) is 1. The van der Waals surface area contributed by atoms with Gasteiger partial charge in [0.15, 0.2) is 0 Å². The van der Waals surface area contributed by atoms with E-state index >= 15 is 0 Å². The van der Waals surface area contributed by atoms with Crippen molar-refractivity contribution in [1.82, 2.24) is 4.90 Å². The molecule has 0 aromatic heterocycles. The summed E-state index contributed by atoms with van der Waals surface area (Å²) in [4.78, 5) is 2.71. The number of fused-ring (bicyclic) bond motifs is 2. The van der Waals surface area contributed by atoms with Crippen LogP contribution in [-0.4, -0.2) is 42.3 Å². The fourth-order valence-electron chi connectivity index (χ4n) is 4.41. The Hall–Kier alpha value is -0.120. The van der Waals surface area contributed by atoms with Crippen molar-refractivity contribution in [3.8, 4) is 0 Å². The summed E-state index contributed by atoms with van der Waals surface area (Å²) < 4.78 is 5.98. The van der Waals surface area contributed by atoms with Gasteiger partial charge >= 0.3 is 0 Å². The van der Waals surface area contributed by atoms with Crippen molar-refractivity contribution >= 4 is 0 Å². The van der Waals surface area contributed by atoms with Crippen molar-refractivity contribution < 1.29 is 4.74 Å². The molecule has 1 saturated carbocycles. The molecule has 3 fully saturated rings. The molecule has 104 valence electrons. The summed E-state index contributed by atoms with van der Waals surface area (Å²) >= 11 is 0. The van der Waals surface area contributed by atoms with Gasteiger partial charge in [-0.05, 0) is 31.6 Å². The van der Waals surface area contributed by atoms with Gasteiger partial charge in [-0.25, -0.2) is 0 Å². The van der Waals surface area contributed by atoms with E-state index in [0.29, 0.717) is 17.7 Å². The Morgan fingerprint density at radius 2 is 1.94 bits per heavy atom. The SMILES string of the molecule is CCC1CCCC(CN)(N2CC3CCC(C2)O3)C1. The number of nitrogens with two attached hydrogens (primary N) is 1. The minimum atomic E-state index is 0.295. The maximum Gasteiger partial charge on any atom is 0.0707 e. The van der Waals surface area contributed by atoms with Gasteiger partial charge in [-0.15, -0.1) is 0 Å². The van der Waals surface area contributed by atoms with Gasteiger partial charge in [-0.1, -0.05) is 26.2 Å². The lowest BCUT2D eigenvalue weighted by atomic mass is 9.73. The summed E-state index contributed by atoms with van der Waals surface area (Å²) in [7, 11) is 0. The van der Waals surface area contributed by atoms with Gasteiger partial charge < -0.3 is 10.5 Å². The molecule has 4 atom stereocenters. The average Bonchev–Trinajstić information content (AvgIpc) is 2.77. The van der Waals surface area contributed by atoms with Crippen LogP contribution >= 0.6 is 0 Å². The second-order valence-electron chi connectivity index (χ2n) is 6.66. The Morgan fingerprint density at radius 3 is 2.56 bits per heavy atom. The molecule has 2 aliphatic heterocycles. The average molecular weight is 252 g/mol. The van der Waals surface area contributed by atoms with Crippen LogP contribution in [-0.2, 0) is 4.74 Å². The van der Waals surface area contributed by atoms with Gasteiger partial charge in [0.2, 0.25) is 0 Å². The highest BCUT2D eigenvalue weighted by Crippen LogP contribution is 2.40. The van der Waals surface area contributed by atoms with Crippen molar-refractivity contribution in [3.05, 3.63) is 0 Å². The molecule has 18 heavy (non-hydrogen) atoms. The van der Waals surface area contributed by atoms with Gasteiger partial charge in [0.25, 0.3) is 0 Å². The third-order valence-electron chi connectivity index (χ3n) is 5.59. The number of likely N-dealkylation sites (tertiary alicyclic amines) is 1. The number of morpholine rings is 1. The topological polar surface area (TPSA) is 38.5 Å². The van der Waals surface area contributed by atoms with Crippen LogP contribution in [0, 0.1) is 5.92 Å². The van der Waals surface area contributed by atoms with Gasteiger partial charge in [0.1, 0.15) is 0 Å². The monoisotopic (exact) mass is 252 g/mol. The first kappa shape index (κ1) is 12.9. The molecule has 2 saturated heterocycles. The predicted molar refractivity (Wildman–Crippen MR) is 73.5 cm³/mol. The Labute approximate surface area is 111 Å². The molecule has 2 heterocycles. The number of ether oxygens (including phenoxy) is 1. The van der Waals surface area contributed by atoms with Crippen LogP contribution in [0.2, 0.25) is 0 Å². The van der Waals surface area contributed by atoms with Crippen molar-refractivity contribution in [2.75, 3.05) is 19.6 Å². The lowest BCUT2D eigenvalue weighted by molar-refractivity contribution is -0.0903. The zero-order chi connectivity index (χ0) is 12.6. The number of hydrogen-bond acceptors (Lipinski definition) is 3. The fourth-order valence-corrected chi connectivity index (χ4v) is 4.41. The molecule has 0 aromatic carbocycles. The zero-order valence-corrected chi connectivity index (χ0v) is 11.7. The summed E-state index contributed by atoms with van der Waals surface area (Å²) in [6.07, 6.45) is 10.2. The lowest BCUT2D eigenvalue weighted by Gasteiger charge is -2.51. The van der Waals surface area contributed by atoms with E-state index in [-0.39, 0.29) is 0 Å². The van der Waals surface area contributed by atoms with E-state index in [1.54, 1.807) is 0 Å².